The summed E-state index contributed by atoms with van der Waals surface area (Å²) in [5.74, 6) is -0.765. The van der Waals surface area contributed by atoms with Gasteiger partial charge in [0.05, 0.1) is 11.4 Å². The van der Waals surface area contributed by atoms with E-state index >= 15 is 0 Å². The molecule has 0 unspecified atom stereocenters. The number of sulfonamides is 1. The number of fused-ring (bicyclic) bond motifs is 1. The van der Waals surface area contributed by atoms with Crippen molar-refractivity contribution in [3.05, 3.63) is 65.6 Å². The third-order valence-electron chi connectivity index (χ3n) is 3.49. The Labute approximate surface area is 128 Å². The Morgan fingerprint density at radius 2 is 1.77 bits per heavy atom. The lowest BCUT2D eigenvalue weighted by molar-refractivity contribution is 0.562. The van der Waals surface area contributed by atoms with Crippen LogP contribution in [0.15, 0.2) is 59.1 Å². The van der Waals surface area contributed by atoms with E-state index in [0.717, 1.165) is 10.4 Å². The van der Waals surface area contributed by atoms with Gasteiger partial charge in [-0.05, 0) is 36.8 Å². The summed E-state index contributed by atoms with van der Waals surface area (Å²) in [4.78, 5) is -0.316. The highest BCUT2D eigenvalue weighted by atomic mass is 32.2. The standard InChI is InChI=1S/C16H15FN2O2S/c1-11(18)15-10-12-6-5-9-14(17)16(12)22(20,21)19(15)13-7-3-2-4-8-13/h2-11H,18H2,1H3/t11-/m0/s1. The average molecular weight is 318 g/mol. The molecule has 0 aromatic heterocycles. The molecule has 2 N–H and O–H groups in total. The van der Waals surface area contributed by atoms with Gasteiger partial charge in [-0.15, -0.1) is 0 Å². The molecule has 114 valence electrons. The lowest BCUT2D eigenvalue weighted by Crippen LogP contribution is -2.40. The third kappa shape index (κ3) is 2.20. The average Bonchev–Trinajstić information content (AvgIpc) is 2.46. The number of rotatable bonds is 2. The van der Waals surface area contributed by atoms with Crippen molar-refractivity contribution in [3.8, 4) is 0 Å². The van der Waals surface area contributed by atoms with Crippen molar-refractivity contribution in [1.29, 1.82) is 0 Å². The van der Waals surface area contributed by atoms with Crippen LogP contribution in [-0.2, 0) is 10.0 Å². The van der Waals surface area contributed by atoms with Gasteiger partial charge in [-0.1, -0.05) is 30.3 Å². The third-order valence-corrected chi connectivity index (χ3v) is 5.34. The molecule has 0 amide bonds. The maximum atomic E-state index is 14.1. The largest absolute Gasteiger partial charge is 0.323 e. The van der Waals surface area contributed by atoms with Crippen molar-refractivity contribution < 1.29 is 12.8 Å². The van der Waals surface area contributed by atoms with Gasteiger partial charge < -0.3 is 5.73 Å². The molecule has 0 saturated heterocycles. The van der Waals surface area contributed by atoms with Crippen LogP contribution in [0.4, 0.5) is 10.1 Å². The monoisotopic (exact) mass is 318 g/mol. The van der Waals surface area contributed by atoms with Crippen molar-refractivity contribution in [2.75, 3.05) is 4.31 Å². The van der Waals surface area contributed by atoms with Gasteiger partial charge in [0.25, 0.3) is 10.0 Å². The second-order valence-electron chi connectivity index (χ2n) is 5.12. The molecule has 1 aliphatic heterocycles. The van der Waals surface area contributed by atoms with Crippen LogP contribution in [-0.4, -0.2) is 14.5 Å². The quantitative estimate of drug-likeness (QED) is 0.926. The molecule has 0 fully saturated rings. The molecule has 0 radical (unpaired) electrons. The van der Waals surface area contributed by atoms with Crippen LogP contribution in [0.1, 0.15) is 12.5 Å². The van der Waals surface area contributed by atoms with E-state index in [2.05, 4.69) is 0 Å². The Morgan fingerprint density at radius 1 is 1.09 bits per heavy atom. The molecular formula is C16H15FN2O2S. The van der Waals surface area contributed by atoms with Crippen LogP contribution in [0, 0.1) is 5.82 Å². The van der Waals surface area contributed by atoms with Gasteiger partial charge in [0.15, 0.2) is 0 Å². The normalized spacial score (nSPS) is 17.6. The van der Waals surface area contributed by atoms with E-state index in [1.807, 2.05) is 0 Å². The fourth-order valence-electron chi connectivity index (χ4n) is 2.53. The lowest BCUT2D eigenvalue weighted by Gasteiger charge is -2.33. The zero-order chi connectivity index (χ0) is 15.9. The number of nitrogens with two attached hydrogens (primary N) is 1. The molecule has 0 saturated carbocycles. The SMILES string of the molecule is C[C@H](N)C1=Cc2cccc(F)c2S(=O)(=O)N1c1ccccc1. The first kappa shape index (κ1) is 14.7. The minimum Gasteiger partial charge on any atom is -0.323 e. The Balaban J connectivity index is 2.33. The van der Waals surface area contributed by atoms with Gasteiger partial charge in [0.2, 0.25) is 0 Å². The van der Waals surface area contributed by atoms with Crippen LogP contribution in [0.25, 0.3) is 6.08 Å². The number of benzene rings is 2. The number of hydrogen-bond donors (Lipinski definition) is 1. The highest BCUT2D eigenvalue weighted by Crippen LogP contribution is 2.37. The zero-order valence-electron chi connectivity index (χ0n) is 11.9. The molecule has 3 rings (SSSR count). The maximum absolute atomic E-state index is 14.1. The number of para-hydroxylation sites is 1. The summed E-state index contributed by atoms with van der Waals surface area (Å²) in [5.41, 5.74) is 7.10. The summed E-state index contributed by atoms with van der Waals surface area (Å²) in [5, 5.41) is 0. The van der Waals surface area contributed by atoms with Gasteiger partial charge in [0, 0.05) is 6.04 Å². The summed E-state index contributed by atoms with van der Waals surface area (Å²) >= 11 is 0. The number of hydrogen-bond acceptors (Lipinski definition) is 3. The van der Waals surface area contributed by atoms with Crippen LogP contribution in [0.2, 0.25) is 0 Å². The molecule has 22 heavy (non-hydrogen) atoms. The van der Waals surface area contributed by atoms with Crippen LogP contribution < -0.4 is 10.0 Å². The number of nitrogens with zero attached hydrogens (tertiary/aromatic N) is 1. The van der Waals surface area contributed by atoms with E-state index in [4.69, 9.17) is 5.73 Å². The summed E-state index contributed by atoms with van der Waals surface area (Å²) in [6.07, 6.45) is 1.62. The van der Waals surface area contributed by atoms with E-state index in [0.29, 0.717) is 16.9 Å². The number of anilines is 1. The van der Waals surface area contributed by atoms with Crippen molar-refractivity contribution in [2.45, 2.75) is 17.9 Å². The second-order valence-corrected chi connectivity index (χ2v) is 6.84. The maximum Gasteiger partial charge on any atom is 0.271 e. The van der Waals surface area contributed by atoms with Gasteiger partial charge in [-0.25, -0.2) is 17.1 Å². The van der Waals surface area contributed by atoms with Crippen LogP contribution >= 0.6 is 0 Å². The van der Waals surface area contributed by atoms with E-state index in [9.17, 15) is 12.8 Å². The van der Waals surface area contributed by atoms with Crippen LogP contribution in [0.3, 0.4) is 0 Å². The van der Waals surface area contributed by atoms with Crippen LogP contribution in [0.5, 0.6) is 0 Å². The Bertz CT molecular complexity index is 846. The summed E-state index contributed by atoms with van der Waals surface area (Å²) in [7, 11) is -4.05. The molecule has 6 heteroatoms. The molecule has 0 aliphatic carbocycles. The molecular weight excluding hydrogens is 303 g/mol. The molecule has 0 bridgehead atoms. The van der Waals surface area contributed by atoms with E-state index in [-0.39, 0.29) is 4.90 Å². The molecule has 1 atom stereocenters. The molecule has 1 aliphatic rings. The van der Waals surface area contributed by atoms with E-state index in [1.165, 1.54) is 6.07 Å². The molecule has 1 heterocycles. The van der Waals surface area contributed by atoms with Crippen molar-refractivity contribution in [2.24, 2.45) is 5.73 Å². The summed E-state index contributed by atoms with van der Waals surface area (Å²) < 4.78 is 41.1. The topological polar surface area (TPSA) is 63.4 Å². The molecule has 2 aromatic carbocycles. The summed E-state index contributed by atoms with van der Waals surface area (Å²) in [6.45, 7) is 1.70. The minimum atomic E-state index is -4.05. The fraction of sp³-hybridized carbons (Fsp3) is 0.125. The van der Waals surface area contributed by atoms with E-state index < -0.39 is 21.9 Å². The minimum absolute atomic E-state index is 0.316. The first-order valence-corrected chi connectivity index (χ1v) is 8.23. The van der Waals surface area contributed by atoms with E-state index in [1.54, 1.807) is 49.4 Å². The van der Waals surface area contributed by atoms with Crippen molar-refractivity contribution >= 4 is 21.8 Å². The van der Waals surface area contributed by atoms with Gasteiger partial charge in [0.1, 0.15) is 10.7 Å². The Morgan fingerprint density at radius 3 is 2.41 bits per heavy atom. The molecule has 4 nitrogen and oxygen atoms in total. The smallest absolute Gasteiger partial charge is 0.271 e. The predicted molar refractivity (Wildman–Crippen MR) is 84.1 cm³/mol. The molecule has 2 aromatic rings. The number of halogens is 1. The second kappa shape index (κ2) is 5.23. The van der Waals surface area contributed by atoms with Crippen molar-refractivity contribution in [1.82, 2.24) is 0 Å². The van der Waals surface area contributed by atoms with Gasteiger partial charge >= 0.3 is 0 Å². The first-order valence-electron chi connectivity index (χ1n) is 6.79. The molecule has 0 spiro atoms. The highest BCUT2D eigenvalue weighted by Gasteiger charge is 2.37. The highest BCUT2D eigenvalue weighted by molar-refractivity contribution is 7.93. The lowest BCUT2D eigenvalue weighted by atomic mass is 10.1. The summed E-state index contributed by atoms with van der Waals surface area (Å²) in [6, 6.07) is 12.2. The van der Waals surface area contributed by atoms with Crippen molar-refractivity contribution in [3.63, 3.8) is 0 Å². The Hall–Kier alpha value is -2.18. The zero-order valence-corrected chi connectivity index (χ0v) is 12.7. The van der Waals surface area contributed by atoms with Gasteiger partial charge in [-0.2, -0.15) is 0 Å². The fourth-order valence-corrected chi connectivity index (χ4v) is 4.34. The van der Waals surface area contributed by atoms with Gasteiger partial charge in [-0.3, -0.25) is 0 Å². The predicted octanol–water partition coefficient (Wildman–Crippen LogP) is 2.72. The first-order chi connectivity index (χ1) is 10.4. The Kier molecular flexibility index (Phi) is 3.50.